The van der Waals surface area contributed by atoms with Crippen molar-refractivity contribution in [2.45, 2.75) is 12.6 Å². The molecule has 0 bridgehead atoms. The zero-order valence-corrected chi connectivity index (χ0v) is 14.1. The molecule has 124 valence electrons. The average Bonchev–Trinajstić information content (AvgIpc) is 3.31. The lowest BCUT2D eigenvalue weighted by molar-refractivity contribution is 0.0930. The minimum atomic E-state index is -0.242. The fourth-order valence-electron chi connectivity index (χ4n) is 2.61. The van der Waals surface area contributed by atoms with E-state index in [4.69, 9.17) is 0 Å². The van der Waals surface area contributed by atoms with Gasteiger partial charge < -0.3 is 5.32 Å². The summed E-state index contributed by atoms with van der Waals surface area (Å²) in [6.45, 7) is 0.452. The molecule has 0 aliphatic rings. The zero-order chi connectivity index (χ0) is 17.1. The first-order valence-electron chi connectivity index (χ1n) is 7.85. The number of hydrogen-bond donors (Lipinski definition) is 1. The van der Waals surface area contributed by atoms with E-state index in [1.807, 2.05) is 54.6 Å². The summed E-state index contributed by atoms with van der Waals surface area (Å²) in [7, 11) is 0. The summed E-state index contributed by atoms with van der Waals surface area (Å²) >= 11 is 1.39. The van der Waals surface area contributed by atoms with Crippen LogP contribution in [0.15, 0.2) is 67.0 Å². The Balaban J connectivity index is 1.60. The molecule has 0 spiro atoms. The van der Waals surface area contributed by atoms with Crippen LogP contribution >= 0.6 is 11.3 Å². The normalized spacial score (nSPS) is 12.2. The number of para-hydroxylation sites is 1. The van der Waals surface area contributed by atoms with Crippen molar-refractivity contribution >= 4 is 27.5 Å². The largest absolute Gasteiger partial charge is 0.341 e. The highest BCUT2D eigenvalue weighted by Gasteiger charge is 2.19. The van der Waals surface area contributed by atoms with E-state index in [1.54, 1.807) is 17.2 Å². The molecule has 4 rings (SSSR count). The van der Waals surface area contributed by atoms with Crippen molar-refractivity contribution in [1.82, 2.24) is 25.3 Å². The maximum atomic E-state index is 12.7. The molecule has 0 aliphatic heterocycles. The number of thiazole rings is 1. The number of aromatic nitrogens is 4. The first-order valence-corrected chi connectivity index (χ1v) is 8.67. The van der Waals surface area contributed by atoms with Gasteiger partial charge in [-0.1, -0.05) is 42.5 Å². The molecule has 6 nitrogen and oxygen atoms in total. The molecule has 0 aliphatic carbocycles. The van der Waals surface area contributed by atoms with E-state index in [9.17, 15) is 4.79 Å². The number of rotatable bonds is 5. The van der Waals surface area contributed by atoms with Gasteiger partial charge in [0.15, 0.2) is 5.01 Å². The number of fused-ring (bicyclic) bond motifs is 1. The van der Waals surface area contributed by atoms with Crippen LogP contribution in [-0.4, -0.2) is 25.9 Å². The number of nitrogens with one attached hydrogen (secondary N) is 1. The SMILES string of the molecule is O=C(NC(Cn1nccn1)c1ccccc1)c1nc2ccccc2s1. The Morgan fingerprint density at radius 2 is 1.76 bits per heavy atom. The maximum Gasteiger partial charge on any atom is 0.280 e. The average molecular weight is 349 g/mol. The first-order chi connectivity index (χ1) is 12.3. The molecule has 1 N–H and O–H groups in total. The lowest BCUT2D eigenvalue weighted by Gasteiger charge is -2.18. The van der Waals surface area contributed by atoms with E-state index in [1.165, 1.54) is 11.3 Å². The molecule has 0 radical (unpaired) electrons. The van der Waals surface area contributed by atoms with Gasteiger partial charge in [0.2, 0.25) is 0 Å². The molecule has 25 heavy (non-hydrogen) atoms. The van der Waals surface area contributed by atoms with Gasteiger partial charge in [-0.2, -0.15) is 15.0 Å². The summed E-state index contributed by atoms with van der Waals surface area (Å²) in [5, 5.41) is 11.8. The second-order valence-corrected chi connectivity index (χ2v) is 6.54. The second kappa shape index (κ2) is 6.82. The highest BCUT2D eigenvalue weighted by Crippen LogP contribution is 2.22. The third-order valence-corrected chi connectivity index (χ3v) is 4.84. The van der Waals surface area contributed by atoms with E-state index in [0.29, 0.717) is 11.6 Å². The van der Waals surface area contributed by atoms with E-state index >= 15 is 0 Å². The summed E-state index contributed by atoms with van der Waals surface area (Å²) in [6.07, 6.45) is 3.24. The zero-order valence-electron chi connectivity index (χ0n) is 13.2. The summed E-state index contributed by atoms with van der Waals surface area (Å²) in [4.78, 5) is 18.7. The highest BCUT2D eigenvalue weighted by molar-refractivity contribution is 7.20. The molecule has 2 heterocycles. The van der Waals surface area contributed by atoms with Crippen LogP contribution in [-0.2, 0) is 6.54 Å². The van der Waals surface area contributed by atoms with Crippen molar-refractivity contribution in [3.05, 3.63) is 77.6 Å². The maximum absolute atomic E-state index is 12.7. The first kappa shape index (κ1) is 15.5. The van der Waals surface area contributed by atoms with Crippen LogP contribution in [0.1, 0.15) is 21.4 Å². The van der Waals surface area contributed by atoms with Crippen molar-refractivity contribution in [2.24, 2.45) is 0 Å². The molecular formula is C18H15N5OS. The molecule has 0 saturated heterocycles. The van der Waals surface area contributed by atoms with Crippen molar-refractivity contribution < 1.29 is 4.79 Å². The second-order valence-electron chi connectivity index (χ2n) is 5.51. The van der Waals surface area contributed by atoms with Gasteiger partial charge in [-0.15, -0.1) is 11.3 Å². The summed E-state index contributed by atoms with van der Waals surface area (Å²) in [6, 6.07) is 17.3. The van der Waals surface area contributed by atoms with Crippen LogP contribution in [0.5, 0.6) is 0 Å². The van der Waals surface area contributed by atoms with Gasteiger partial charge in [0.05, 0.1) is 35.2 Å². The number of benzene rings is 2. The topological polar surface area (TPSA) is 72.7 Å². The molecular weight excluding hydrogens is 334 g/mol. The van der Waals surface area contributed by atoms with Gasteiger partial charge in [0.1, 0.15) is 0 Å². The Morgan fingerprint density at radius 1 is 1.04 bits per heavy atom. The predicted octanol–water partition coefficient (Wildman–Crippen LogP) is 3.06. The van der Waals surface area contributed by atoms with E-state index in [-0.39, 0.29) is 11.9 Å². The third kappa shape index (κ3) is 3.41. The smallest absolute Gasteiger partial charge is 0.280 e. The molecule has 0 saturated carbocycles. The molecule has 1 amide bonds. The fourth-order valence-corrected chi connectivity index (χ4v) is 3.48. The minimum Gasteiger partial charge on any atom is -0.341 e. The number of carbonyl (C=O) groups is 1. The minimum absolute atomic E-state index is 0.192. The Bertz CT molecular complexity index is 948. The number of amides is 1. The monoisotopic (exact) mass is 349 g/mol. The Morgan fingerprint density at radius 3 is 2.52 bits per heavy atom. The van der Waals surface area contributed by atoms with Gasteiger partial charge in [-0.05, 0) is 17.7 Å². The molecule has 1 unspecified atom stereocenters. The Kier molecular flexibility index (Phi) is 4.22. The van der Waals surface area contributed by atoms with Gasteiger partial charge in [-0.25, -0.2) is 4.98 Å². The molecule has 1 atom stereocenters. The van der Waals surface area contributed by atoms with Crippen LogP contribution in [0.2, 0.25) is 0 Å². The summed E-state index contributed by atoms with van der Waals surface area (Å²) in [5.74, 6) is -0.192. The lowest BCUT2D eigenvalue weighted by Crippen LogP contribution is -2.32. The molecule has 2 aromatic heterocycles. The van der Waals surface area contributed by atoms with Crippen LogP contribution in [0.25, 0.3) is 10.2 Å². The van der Waals surface area contributed by atoms with Crippen LogP contribution in [0, 0.1) is 0 Å². The van der Waals surface area contributed by atoms with Crippen molar-refractivity contribution in [1.29, 1.82) is 0 Å². The van der Waals surface area contributed by atoms with E-state index in [2.05, 4.69) is 20.5 Å². The summed E-state index contributed by atoms with van der Waals surface area (Å²) < 4.78 is 0.998. The third-order valence-electron chi connectivity index (χ3n) is 3.81. The highest BCUT2D eigenvalue weighted by atomic mass is 32.1. The number of hydrogen-bond acceptors (Lipinski definition) is 5. The fraction of sp³-hybridized carbons (Fsp3) is 0.111. The van der Waals surface area contributed by atoms with E-state index in [0.717, 1.165) is 15.8 Å². The molecule has 4 aromatic rings. The van der Waals surface area contributed by atoms with Crippen LogP contribution in [0.4, 0.5) is 0 Å². The van der Waals surface area contributed by atoms with Crippen LogP contribution in [0.3, 0.4) is 0 Å². The van der Waals surface area contributed by atoms with Gasteiger partial charge in [0, 0.05) is 0 Å². The quantitative estimate of drug-likeness (QED) is 0.601. The van der Waals surface area contributed by atoms with Crippen molar-refractivity contribution in [2.75, 3.05) is 0 Å². The van der Waals surface area contributed by atoms with Crippen molar-refractivity contribution in [3.8, 4) is 0 Å². The Hall–Kier alpha value is -3.06. The molecule has 2 aromatic carbocycles. The Labute approximate surface area is 148 Å². The van der Waals surface area contributed by atoms with Gasteiger partial charge in [0.25, 0.3) is 5.91 Å². The predicted molar refractivity (Wildman–Crippen MR) is 96.3 cm³/mol. The number of nitrogens with zero attached hydrogens (tertiary/aromatic N) is 4. The molecule has 7 heteroatoms. The van der Waals surface area contributed by atoms with Crippen molar-refractivity contribution in [3.63, 3.8) is 0 Å². The van der Waals surface area contributed by atoms with E-state index < -0.39 is 0 Å². The van der Waals surface area contributed by atoms with Gasteiger partial charge >= 0.3 is 0 Å². The molecule has 0 fully saturated rings. The number of carbonyl (C=O) groups excluding carboxylic acids is 1. The van der Waals surface area contributed by atoms with Crippen LogP contribution < -0.4 is 5.32 Å². The lowest BCUT2D eigenvalue weighted by atomic mass is 10.1. The standard InChI is InChI=1S/C18H15N5OS/c24-17(18-22-14-8-4-5-9-16(14)25-18)21-15(12-23-19-10-11-20-23)13-6-2-1-3-7-13/h1-11,15H,12H2,(H,21,24). The van der Waals surface area contributed by atoms with Gasteiger partial charge in [-0.3, -0.25) is 4.79 Å². The summed E-state index contributed by atoms with van der Waals surface area (Å²) in [5.41, 5.74) is 1.83.